The predicted octanol–water partition coefficient (Wildman–Crippen LogP) is 5.14. The molecule has 1 fully saturated rings. The molecule has 0 spiro atoms. The summed E-state index contributed by atoms with van der Waals surface area (Å²) in [6.45, 7) is 22.5. The van der Waals surface area contributed by atoms with Gasteiger partial charge in [-0.1, -0.05) is 110 Å². The topological polar surface area (TPSA) is 0 Å². The Morgan fingerprint density at radius 1 is 0.750 bits per heavy atom. The summed E-state index contributed by atoms with van der Waals surface area (Å²) in [5, 5.41) is 0. The van der Waals surface area contributed by atoms with E-state index < -0.39 is 0 Å². The van der Waals surface area contributed by atoms with Gasteiger partial charge >= 0.3 is 41.3 Å². The summed E-state index contributed by atoms with van der Waals surface area (Å²) >= 11 is 1.55. The van der Waals surface area contributed by atoms with Crippen molar-refractivity contribution in [3.05, 3.63) is 99.1 Å². The van der Waals surface area contributed by atoms with Crippen molar-refractivity contribution in [1.29, 1.82) is 0 Å². The van der Waals surface area contributed by atoms with Crippen molar-refractivity contribution < 1.29 is 49.0 Å². The van der Waals surface area contributed by atoms with Crippen LogP contribution in [-0.2, 0) is 46.9 Å². The SMILES string of the molecule is CC1=[C-]C(C)(C)c2cc3c(cc21)-c1cc2c(cc1C3)C(C)(C)C=C2C.C[C](C)=[Zr+2].Cc1cc(C2(C)CCCCC2)c[cH-]1.[Cl-].[Cl-]. The molecule has 0 amide bonds. The van der Waals surface area contributed by atoms with Crippen LogP contribution in [0.2, 0.25) is 0 Å². The minimum atomic E-state index is 0. The van der Waals surface area contributed by atoms with Gasteiger partial charge in [0.25, 0.3) is 0 Å². The summed E-state index contributed by atoms with van der Waals surface area (Å²) < 4.78 is 1.51. The van der Waals surface area contributed by atoms with Gasteiger partial charge in [-0.05, 0) is 58.4 Å². The maximum atomic E-state index is 3.65. The van der Waals surface area contributed by atoms with Crippen LogP contribution >= 0.6 is 0 Å². The van der Waals surface area contributed by atoms with E-state index >= 15 is 0 Å². The summed E-state index contributed by atoms with van der Waals surface area (Å²) in [6, 6.07) is 16.7. The van der Waals surface area contributed by atoms with E-state index in [4.69, 9.17) is 0 Å². The molecule has 3 aromatic carbocycles. The summed E-state index contributed by atoms with van der Waals surface area (Å²) in [5.74, 6) is 0. The number of hydrogen-bond acceptors (Lipinski definition) is 0. The van der Waals surface area contributed by atoms with E-state index in [2.05, 4.69) is 124 Å². The van der Waals surface area contributed by atoms with E-state index in [1.807, 2.05) is 0 Å². The Bertz CT molecular complexity index is 1510. The molecular weight excluding hydrogens is 655 g/mol. The molecule has 4 aliphatic carbocycles. The Hall–Kier alpha value is -1.40. The zero-order chi connectivity index (χ0) is 30.6. The average molecular weight is 705 g/mol. The van der Waals surface area contributed by atoms with Gasteiger partial charge in [0, 0.05) is 5.41 Å². The van der Waals surface area contributed by atoms with Gasteiger partial charge in [0.05, 0.1) is 0 Å². The van der Waals surface area contributed by atoms with Crippen LogP contribution in [0, 0.1) is 13.0 Å². The quantitative estimate of drug-likeness (QED) is 0.241. The second-order valence-corrected chi connectivity index (χ2v) is 17.5. The van der Waals surface area contributed by atoms with Crippen LogP contribution in [0.5, 0.6) is 0 Å². The van der Waals surface area contributed by atoms with E-state index in [1.54, 1.807) is 29.8 Å². The van der Waals surface area contributed by atoms with E-state index in [9.17, 15) is 0 Å². The summed E-state index contributed by atoms with van der Waals surface area (Å²) in [7, 11) is 0. The molecule has 1 saturated carbocycles. The zero-order valence-corrected chi connectivity index (χ0v) is 32.6. The number of benzene rings is 2. The molecule has 0 saturated heterocycles. The van der Waals surface area contributed by atoms with E-state index in [0.717, 1.165) is 6.42 Å². The van der Waals surface area contributed by atoms with Crippen molar-refractivity contribution in [3.63, 3.8) is 0 Å². The minimum Gasteiger partial charge on any atom is -1.00 e. The molecular formula is C41H50Cl2Zr-2. The molecule has 0 heterocycles. The first kappa shape index (κ1) is 37.1. The molecule has 0 nitrogen and oxygen atoms in total. The summed E-state index contributed by atoms with van der Waals surface area (Å²) in [5.41, 5.74) is 18.0. The molecule has 44 heavy (non-hydrogen) atoms. The molecule has 0 aromatic heterocycles. The smallest absolute Gasteiger partial charge is 0.0533 e. The van der Waals surface area contributed by atoms with E-state index in [-0.39, 0.29) is 35.6 Å². The fraction of sp³-hybridized carbons (Fsp3) is 0.463. The van der Waals surface area contributed by atoms with Crippen molar-refractivity contribution in [2.24, 2.45) is 0 Å². The van der Waals surface area contributed by atoms with Gasteiger partial charge in [0.15, 0.2) is 0 Å². The van der Waals surface area contributed by atoms with Gasteiger partial charge in [-0.25, -0.2) is 11.6 Å². The summed E-state index contributed by atoms with van der Waals surface area (Å²) in [6.07, 6.45) is 14.2. The van der Waals surface area contributed by atoms with Gasteiger partial charge in [-0.3, -0.25) is 6.08 Å². The fourth-order valence-corrected chi connectivity index (χ4v) is 7.83. The second kappa shape index (κ2) is 13.8. The van der Waals surface area contributed by atoms with Crippen LogP contribution in [0.1, 0.15) is 139 Å². The molecule has 0 bridgehead atoms. The second-order valence-electron chi connectivity index (χ2n) is 15.0. The molecule has 4 aliphatic rings. The van der Waals surface area contributed by atoms with Crippen molar-refractivity contribution >= 4 is 14.4 Å². The predicted molar refractivity (Wildman–Crippen MR) is 180 cm³/mol. The molecule has 0 radical (unpaired) electrons. The molecule has 0 aliphatic heterocycles. The van der Waals surface area contributed by atoms with Gasteiger partial charge in [0.2, 0.25) is 0 Å². The van der Waals surface area contributed by atoms with Crippen LogP contribution in [0.25, 0.3) is 22.3 Å². The molecule has 0 N–H and O–H groups in total. The maximum absolute atomic E-state index is 3.65. The van der Waals surface area contributed by atoms with Gasteiger partial charge in [-0.2, -0.15) is 28.8 Å². The molecule has 7 rings (SSSR count). The van der Waals surface area contributed by atoms with Crippen LogP contribution < -0.4 is 24.8 Å². The third-order valence-electron chi connectivity index (χ3n) is 9.99. The number of halogens is 2. The van der Waals surface area contributed by atoms with E-state index in [0.29, 0.717) is 5.41 Å². The molecule has 0 atom stereocenters. The zero-order valence-electron chi connectivity index (χ0n) is 28.6. The number of allylic oxidation sites excluding steroid dienone is 4. The average Bonchev–Trinajstić information content (AvgIpc) is 3.60. The Balaban J connectivity index is 0.000000236. The normalized spacial score (nSPS) is 18.7. The van der Waals surface area contributed by atoms with Gasteiger partial charge in [-0.15, -0.1) is 11.6 Å². The molecule has 3 aromatic rings. The monoisotopic (exact) mass is 702 g/mol. The van der Waals surface area contributed by atoms with Crippen LogP contribution in [-0.4, -0.2) is 3.21 Å². The Kier molecular flexibility index (Phi) is 11.6. The van der Waals surface area contributed by atoms with Crippen LogP contribution in [0.3, 0.4) is 0 Å². The standard InChI is InChI=1S/C25H25.C13H19.C3H6.2ClH.Zr/c1-14-12-24(3,4)22-8-16-7-17-9-23-19(15(2)13-25(23,5)6)11-21(17)20(16)10-18(14)22;1-11-6-7-12(10-11)13(2)8-4-3-5-9-13;1-3-2;;;/h8-12H,7H2,1-6H3;6-7,10H,3-5,8-9H2,1-2H3;1-2H3;2*1H;/q2*-1;;;;+2/p-2. The van der Waals surface area contributed by atoms with Gasteiger partial charge < -0.3 is 24.8 Å². The number of fused-ring (bicyclic) bond motifs is 5. The number of aryl methyl sites for hydroxylation is 1. The first-order valence-corrected chi connectivity index (χ1v) is 17.3. The molecule has 0 unspecified atom stereocenters. The van der Waals surface area contributed by atoms with Gasteiger partial charge in [0.1, 0.15) is 0 Å². The van der Waals surface area contributed by atoms with Crippen LogP contribution in [0.15, 0.2) is 48.5 Å². The van der Waals surface area contributed by atoms with Crippen molar-refractivity contribution in [2.75, 3.05) is 0 Å². The van der Waals surface area contributed by atoms with Crippen molar-refractivity contribution in [2.45, 2.75) is 124 Å². The first-order valence-electron chi connectivity index (χ1n) is 16.0. The van der Waals surface area contributed by atoms with Crippen LogP contribution in [0.4, 0.5) is 0 Å². The fourth-order valence-electron chi connectivity index (χ4n) is 7.83. The summed E-state index contributed by atoms with van der Waals surface area (Å²) in [4.78, 5) is 0. The maximum Gasteiger partial charge on any atom is -0.0533 e. The van der Waals surface area contributed by atoms with Crippen molar-refractivity contribution in [3.8, 4) is 11.1 Å². The Morgan fingerprint density at radius 2 is 1.30 bits per heavy atom. The molecule has 3 heteroatoms. The first-order chi connectivity index (χ1) is 19.6. The molecule has 234 valence electrons. The minimum absolute atomic E-state index is 0. The number of hydrogen-bond donors (Lipinski definition) is 0. The van der Waals surface area contributed by atoms with Crippen molar-refractivity contribution in [1.82, 2.24) is 0 Å². The van der Waals surface area contributed by atoms with E-state index in [1.165, 1.54) is 96.5 Å². The largest absolute Gasteiger partial charge is 1.00 e. The Morgan fingerprint density at radius 3 is 1.84 bits per heavy atom. The third kappa shape index (κ3) is 7.27. The Labute approximate surface area is 295 Å². The number of rotatable bonds is 1. The third-order valence-corrected chi connectivity index (χ3v) is 9.99.